The van der Waals surface area contributed by atoms with E-state index < -0.39 is 11.9 Å². The molecule has 0 radical (unpaired) electrons. The van der Waals surface area contributed by atoms with Crippen LogP contribution in [-0.4, -0.2) is 26.7 Å². The van der Waals surface area contributed by atoms with Crippen molar-refractivity contribution >= 4 is 41.0 Å². The van der Waals surface area contributed by atoms with Gasteiger partial charge in [0.15, 0.2) is 3.95 Å². The predicted molar refractivity (Wildman–Crippen MR) is 86.4 cm³/mol. The zero-order valence-electron chi connectivity index (χ0n) is 11.9. The molecular weight excluding hydrogens is 336 g/mol. The maximum atomic E-state index is 12.2. The highest BCUT2D eigenvalue weighted by Gasteiger charge is 2.24. The van der Waals surface area contributed by atoms with E-state index in [1.807, 2.05) is 0 Å². The standard InChI is InChI=1S/C15H12N2O4S2/c18-10(19)6-3-7-17-14(21)12(23-15(17)22)11-8-4-1-2-5-9(8)16-13(11)20/h1-2,4-5,21H,3,6-7H2,(H,18,19). The van der Waals surface area contributed by atoms with Crippen LogP contribution in [0.2, 0.25) is 0 Å². The van der Waals surface area contributed by atoms with E-state index in [-0.39, 0.29) is 18.8 Å². The maximum absolute atomic E-state index is 12.2. The molecule has 6 nitrogen and oxygen atoms in total. The average molecular weight is 348 g/mol. The predicted octanol–water partition coefficient (Wildman–Crippen LogP) is 1.21. The van der Waals surface area contributed by atoms with Gasteiger partial charge in [-0.2, -0.15) is 0 Å². The summed E-state index contributed by atoms with van der Waals surface area (Å²) in [7, 11) is 0. The molecule has 8 heteroatoms. The molecule has 1 aliphatic rings. The summed E-state index contributed by atoms with van der Waals surface area (Å²) in [5.41, 5.74) is 0.339. The smallest absolute Gasteiger partial charge is 0.303 e. The summed E-state index contributed by atoms with van der Waals surface area (Å²) in [6.45, 7) is 0.285. The Labute approximate surface area is 139 Å². The van der Waals surface area contributed by atoms with Gasteiger partial charge in [0.2, 0.25) is 5.88 Å². The van der Waals surface area contributed by atoms with Crippen molar-refractivity contribution in [3.05, 3.63) is 43.7 Å². The van der Waals surface area contributed by atoms with Gasteiger partial charge in [-0.3, -0.25) is 14.2 Å². The molecule has 0 fully saturated rings. The van der Waals surface area contributed by atoms with Crippen molar-refractivity contribution < 1.29 is 19.8 Å². The van der Waals surface area contributed by atoms with Crippen LogP contribution in [0.15, 0.2) is 29.3 Å². The number of hydrogen-bond donors (Lipinski definition) is 2. The fourth-order valence-corrected chi connectivity index (χ4v) is 3.82. The molecule has 2 heterocycles. The molecule has 2 aromatic rings. The molecule has 0 saturated carbocycles. The van der Waals surface area contributed by atoms with E-state index in [0.717, 1.165) is 11.3 Å². The Bertz CT molecular complexity index is 988. The number of fused-ring (bicyclic) bond motifs is 1. The van der Waals surface area contributed by atoms with Gasteiger partial charge in [-0.1, -0.05) is 18.2 Å². The van der Waals surface area contributed by atoms with E-state index in [4.69, 9.17) is 17.3 Å². The van der Waals surface area contributed by atoms with Crippen LogP contribution in [0.4, 0.5) is 0 Å². The van der Waals surface area contributed by atoms with E-state index in [0.29, 0.717) is 31.4 Å². The van der Waals surface area contributed by atoms with Crippen molar-refractivity contribution in [1.29, 1.82) is 0 Å². The van der Waals surface area contributed by atoms with E-state index in [2.05, 4.69) is 4.99 Å². The van der Waals surface area contributed by atoms with Crippen LogP contribution in [0.1, 0.15) is 17.7 Å². The average Bonchev–Trinajstić information content (AvgIpc) is 2.96. The Hall–Kier alpha value is -2.32. The lowest BCUT2D eigenvalue weighted by Gasteiger charge is -2.04. The van der Waals surface area contributed by atoms with Crippen molar-refractivity contribution in [2.24, 2.45) is 4.99 Å². The van der Waals surface area contributed by atoms with E-state index in [1.54, 1.807) is 24.3 Å². The number of thiazole rings is 1. The van der Waals surface area contributed by atoms with Gasteiger partial charge in [0.05, 0.1) is 10.9 Å². The topological polar surface area (TPSA) is 91.9 Å². The number of aliphatic carboxylic acids is 1. The summed E-state index contributed by atoms with van der Waals surface area (Å²) in [5.74, 6) is -1.42. The number of hydrogen-bond acceptors (Lipinski definition) is 5. The monoisotopic (exact) mass is 348 g/mol. The number of benzene rings is 1. The summed E-state index contributed by atoms with van der Waals surface area (Å²) >= 11 is 6.36. The van der Waals surface area contributed by atoms with Crippen LogP contribution < -0.4 is 10.6 Å². The molecule has 0 aliphatic carbocycles. The normalized spacial score (nSPS) is 13.0. The van der Waals surface area contributed by atoms with Gasteiger partial charge in [-0.15, -0.1) is 11.3 Å². The van der Waals surface area contributed by atoms with Gasteiger partial charge in [0, 0.05) is 18.2 Å². The van der Waals surface area contributed by atoms with Gasteiger partial charge in [0.25, 0.3) is 5.91 Å². The summed E-state index contributed by atoms with van der Waals surface area (Å²) in [4.78, 5) is 27.1. The fraction of sp³-hybridized carbons (Fsp3) is 0.200. The third-order valence-corrected chi connectivity index (χ3v) is 4.93. The molecule has 0 spiro atoms. The highest BCUT2D eigenvalue weighted by molar-refractivity contribution is 7.73. The number of rotatable bonds is 5. The minimum atomic E-state index is -0.903. The second-order valence-electron chi connectivity index (χ2n) is 4.98. The number of aromatic hydroxyl groups is 1. The summed E-state index contributed by atoms with van der Waals surface area (Å²) in [5, 5.41) is 20.4. The molecular formula is C15H12N2O4S2. The second-order valence-corrected chi connectivity index (χ2v) is 6.62. The zero-order valence-corrected chi connectivity index (χ0v) is 13.5. The quantitative estimate of drug-likeness (QED) is 0.793. The minimum absolute atomic E-state index is 0.0138. The number of amides is 1. The molecule has 3 rings (SSSR count). The number of para-hydroxylation sites is 1. The molecule has 23 heavy (non-hydrogen) atoms. The number of carboxylic acid groups (broad SMARTS) is 1. The van der Waals surface area contributed by atoms with Crippen molar-refractivity contribution in [3.8, 4) is 5.88 Å². The van der Waals surface area contributed by atoms with Crippen LogP contribution in [0.25, 0.3) is 5.57 Å². The Morgan fingerprint density at radius 3 is 2.83 bits per heavy atom. The lowest BCUT2D eigenvalue weighted by molar-refractivity contribution is -0.137. The van der Waals surface area contributed by atoms with Gasteiger partial charge in [-0.05, 0) is 24.7 Å². The number of carboxylic acids is 1. The second kappa shape index (κ2) is 6.05. The van der Waals surface area contributed by atoms with E-state index >= 15 is 0 Å². The third-order valence-electron chi connectivity index (χ3n) is 3.48. The minimum Gasteiger partial charge on any atom is -0.493 e. The molecule has 0 atom stereocenters. The van der Waals surface area contributed by atoms with Gasteiger partial charge in [0.1, 0.15) is 4.88 Å². The first-order valence-corrected chi connectivity index (χ1v) is 8.08. The van der Waals surface area contributed by atoms with Crippen LogP contribution in [0.3, 0.4) is 0 Å². The van der Waals surface area contributed by atoms with Crippen LogP contribution in [0.5, 0.6) is 5.88 Å². The molecule has 2 N–H and O–H groups in total. The van der Waals surface area contributed by atoms with Crippen LogP contribution >= 0.6 is 23.6 Å². The highest BCUT2D eigenvalue weighted by Crippen LogP contribution is 2.32. The third kappa shape index (κ3) is 2.82. The Morgan fingerprint density at radius 1 is 1.35 bits per heavy atom. The molecule has 0 bridgehead atoms. The Kier molecular flexibility index (Phi) is 4.10. The fourth-order valence-electron chi connectivity index (χ4n) is 2.43. The first-order chi connectivity index (χ1) is 11.0. The molecule has 1 amide bonds. The van der Waals surface area contributed by atoms with Crippen molar-refractivity contribution in [1.82, 2.24) is 4.57 Å². The van der Waals surface area contributed by atoms with Crippen molar-refractivity contribution in [2.75, 3.05) is 0 Å². The molecule has 118 valence electrons. The molecule has 0 saturated heterocycles. The zero-order chi connectivity index (χ0) is 16.6. The Balaban J connectivity index is 2.07. The number of nitrogens with zero attached hydrogens (tertiary/aromatic N) is 2. The van der Waals surface area contributed by atoms with E-state index in [9.17, 15) is 14.7 Å². The van der Waals surface area contributed by atoms with Crippen molar-refractivity contribution in [3.63, 3.8) is 0 Å². The Morgan fingerprint density at radius 2 is 2.09 bits per heavy atom. The molecule has 1 aliphatic heterocycles. The number of carbonyl (C=O) groups is 2. The first-order valence-electron chi connectivity index (χ1n) is 6.86. The lowest BCUT2D eigenvalue weighted by atomic mass is 10.1. The number of aromatic nitrogens is 1. The van der Waals surface area contributed by atoms with Gasteiger partial charge < -0.3 is 10.2 Å². The molecule has 1 aromatic heterocycles. The van der Waals surface area contributed by atoms with Crippen molar-refractivity contribution in [2.45, 2.75) is 19.4 Å². The summed E-state index contributed by atoms with van der Waals surface area (Å²) in [6.07, 6.45) is 0.331. The first kappa shape index (κ1) is 15.6. The van der Waals surface area contributed by atoms with Crippen LogP contribution in [-0.2, 0) is 16.1 Å². The summed E-state index contributed by atoms with van der Waals surface area (Å²) in [6, 6.07) is 7.10. The van der Waals surface area contributed by atoms with E-state index in [1.165, 1.54) is 4.57 Å². The van der Waals surface area contributed by atoms with Crippen LogP contribution in [0, 0.1) is 3.95 Å². The lowest BCUT2D eigenvalue weighted by Crippen LogP contribution is -2.22. The largest absolute Gasteiger partial charge is 0.493 e. The maximum Gasteiger partial charge on any atom is 0.303 e. The van der Waals surface area contributed by atoms with Gasteiger partial charge >= 0.3 is 5.97 Å². The molecule has 1 aromatic carbocycles. The highest BCUT2D eigenvalue weighted by atomic mass is 32.1. The summed E-state index contributed by atoms with van der Waals surface area (Å²) < 4.78 is 1.85. The molecule has 0 unspecified atom stereocenters. The number of carbonyl (C=O) groups excluding carboxylic acids is 1. The SMILES string of the molecule is O=C(O)CCCn1c(O)c(C2=c3ccccc3=NC2=O)sc1=S. The van der Waals surface area contributed by atoms with Gasteiger partial charge in [-0.25, -0.2) is 4.99 Å².